The van der Waals surface area contributed by atoms with Crippen LogP contribution in [0.5, 0.6) is 0 Å². The summed E-state index contributed by atoms with van der Waals surface area (Å²) in [6, 6.07) is 34.7. The Kier molecular flexibility index (Phi) is 10.3. The van der Waals surface area contributed by atoms with Gasteiger partial charge in [0, 0.05) is 24.8 Å². The first-order valence-corrected chi connectivity index (χ1v) is 10.2. The van der Waals surface area contributed by atoms with E-state index in [1.807, 2.05) is 97.1 Å². The minimum absolute atomic E-state index is 0. The van der Waals surface area contributed by atoms with Crippen LogP contribution in [0.3, 0.4) is 0 Å². The van der Waals surface area contributed by atoms with E-state index in [0.717, 1.165) is 33.4 Å². The van der Waals surface area contributed by atoms with Gasteiger partial charge >= 0.3 is 23.1 Å². The third-order valence-electron chi connectivity index (χ3n) is 4.77. The molecular weight excluding hydrogens is 425 g/mol. The molecule has 0 unspecified atom stereocenters. The third-order valence-corrected chi connectivity index (χ3v) is 4.77. The summed E-state index contributed by atoms with van der Waals surface area (Å²) in [5, 5.41) is 21.0. The Balaban J connectivity index is 0.000000227. The molecule has 4 nitrogen and oxygen atoms in total. The second-order valence-corrected chi connectivity index (χ2v) is 7.23. The van der Waals surface area contributed by atoms with Crippen LogP contribution in [0.25, 0.3) is 22.3 Å². The fraction of sp³-hybridized carbons (Fsp3) is 0.0714. The average molecular weight is 447 g/mol. The van der Waals surface area contributed by atoms with Crippen LogP contribution in [0.1, 0.15) is 11.1 Å². The summed E-state index contributed by atoms with van der Waals surface area (Å²) in [7, 11) is 0. The number of carboxylic acids is 2. The van der Waals surface area contributed by atoms with Crippen LogP contribution in [0.4, 0.5) is 0 Å². The Labute approximate surface area is 209 Å². The summed E-state index contributed by atoms with van der Waals surface area (Å²) in [5.41, 5.74) is 5.76. The van der Waals surface area contributed by atoms with Gasteiger partial charge in [-0.05, 0) is 33.4 Å². The van der Waals surface area contributed by atoms with Crippen LogP contribution >= 0.6 is 0 Å². The van der Waals surface area contributed by atoms with Crippen LogP contribution in [-0.2, 0) is 22.4 Å². The molecule has 0 aliphatic carbocycles. The zero-order chi connectivity index (χ0) is 22.8. The maximum atomic E-state index is 10.5. The molecule has 0 aliphatic rings. The smallest absolute Gasteiger partial charge is 0.550 e. The van der Waals surface area contributed by atoms with Gasteiger partial charge in [0.15, 0.2) is 0 Å². The van der Waals surface area contributed by atoms with E-state index in [9.17, 15) is 19.8 Å². The zero-order valence-electron chi connectivity index (χ0n) is 18.1. The quantitative estimate of drug-likeness (QED) is 0.427. The monoisotopic (exact) mass is 446 g/mol. The number of hydrogen-bond acceptors (Lipinski definition) is 4. The maximum Gasteiger partial charge on any atom is 2.00 e. The average Bonchev–Trinajstić information content (AvgIpc) is 2.80. The SMILES string of the molecule is O=C([O-])Cc1cccc(-c2ccccc2)c1.O=C([O-])Cc1cccc(-c2ccccc2)c1.[Mg+2]. The molecule has 0 fully saturated rings. The van der Waals surface area contributed by atoms with Crippen molar-refractivity contribution in [2.24, 2.45) is 0 Å². The van der Waals surface area contributed by atoms with E-state index in [2.05, 4.69) is 0 Å². The number of aliphatic carboxylic acids is 2. The molecule has 0 atom stereocenters. The van der Waals surface area contributed by atoms with Crippen molar-refractivity contribution < 1.29 is 19.8 Å². The standard InChI is InChI=1S/2C14H12O2.Mg/c2*15-14(16)10-11-5-4-8-13(9-11)12-6-2-1-3-7-12;/h2*1-9H,10H2,(H,15,16);/q;;+2/p-2. The fourth-order valence-corrected chi connectivity index (χ4v) is 3.32. The van der Waals surface area contributed by atoms with Gasteiger partial charge in [-0.15, -0.1) is 0 Å². The number of rotatable bonds is 6. The molecule has 0 aromatic heterocycles. The molecule has 0 amide bonds. The minimum atomic E-state index is -1.05. The van der Waals surface area contributed by atoms with Crippen LogP contribution in [0.2, 0.25) is 0 Å². The summed E-state index contributed by atoms with van der Waals surface area (Å²) >= 11 is 0. The van der Waals surface area contributed by atoms with Gasteiger partial charge < -0.3 is 19.8 Å². The van der Waals surface area contributed by atoms with Gasteiger partial charge in [-0.2, -0.15) is 0 Å². The number of benzene rings is 4. The summed E-state index contributed by atoms with van der Waals surface area (Å²) < 4.78 is 0. The number of carboxylic acid groups (broad SMARTS) is 2. The van der Waals surface area contributed by atoms with E-state index in [1.54, 1.807) is 12.1 Å². The van der Waals surface area contributed by atoms with Gasteiger partial charge in [0.05, 0.1) is 0 Å². The topological polar surface area (TPSA) is 80.3 Å². The summed E-state index contributed by atoms with van der Waals surface area (Å²) in [6.45, 7) is 0. The van der Waals surface area contributed by atoms with E-state index in [-0.39, 0.29) is 35.9 Å². The van der Waals surface area contributed by atoms with Crippen LogP contribution in [-0.4, -0.2) is 35.0 Å². The first-order valence-electron chi connectivity index (χ1n) is 10.2. The second-order valence-electron chi connectivity index (χ2n) is 7.23. The van der Waals surface area contributed by atoms with Gasteiger partial charge in [0.2, 0.25) is 0 Å². The molecule has 0 radical (unpaired) electrons. The van der Waals surface area contributed by atoms with Crippen molar-refractivity contribution in [1.29, 1.82) is 0 Å². The maximum absolute atomic E-state index is 10.5. The zero-order valence-corrected chi connectivity index (χ0v) is 19.6. The fourth-order valence-electron chi connectivity index (χ4n) is 3.32. The Morgan fingerprint density at radius 3 is 1.15 bits per heavy atom. The summed E-state index contributed by atoms with van der Waals surface area (Å²) in [6.07, 6.45) is -0.0820. The van der Waals surface area contributed by atoms with E-state index in [0.29, 0.717) is 0 Å². The number of carbonyl (C=O) groups is 2. The summed E-state index contributed by atoms with van der Waals surface area (Å²) in [4.78, 5) is 21.0. The van der Waals surface area contributed by atoms with E-state index in [4.69, 9.17) is 0 Å². The van der Waals surface area contributed by atoms with Crippen LogP contribution < -0.4 is 10.2 Å². The normalized spacial score (nSPS) is 9.70. The van der Waals surface area contributed by atoms with Crippen molar-refractivity contribution in [3.8, 4) is 22.3 Å². The first-order chi connectivity index (χ1) is 15.5. The second kappa shape index (κ2) is 13.2. The van der Waals surface area contributed by atoms with E-state index in [1.165, 1.54) is 0 Å². The molecule has 0 N–H and O–H groups in total. The van der Waals surface area contributed by atoms with Crippen LogP contribution in [0.15, 0.2) is 109 Å². The number of carbonyl (C=O) groups excluding carboxylic acids is 2. The van der Waals surface area contributed by atoms with Crippen molar-refractivity contribution in [3.63, 3.8) is 0 Å². The molecule has 160 valence electrons. The number of hydrogen-bond donors (Lipinski definition) is 0. The molecule has 4 aromatic carbocycles. The van der Waals surface area contributed by atoms with E-state index >= 15 is 0 Å². The van der Waals surface area contributed by atoms with Gasteiger partial charge in [-0.25, -0.2) is 0 Å². The van der Waals surface area contributed by atoms with Crippen molar-refractivity contribution in [3.05, 3.63) is 120 Å². The Morgan fingerprint density at radius 1 is 0.485 bits per heavy atom. The Morgan fingerprint density at radius 2 is 0.818 bits per heavy atom. The molecular formula is C28H22MgO4. The Bertz CT molecular complexity index is 1080. The Hall–Kier alpha value is -3.41. The molecule has 33 heavy (non-hydrogen) atoms. The molecule has 0 heterocycles. The molecule has 0 saturated carbocycles. The molecule has 4 rings (SSSR count). The predicted octanol–water partition coefficient (Wildman–Crippen LogP) is 2.91. The van der Waals surface area contributed by atoms with Crippen molar-refractivity contribution in [2.75, 3.05) is 0 Å². The third kappa shape index (κ3) is 8.56. The van der Waals surface area contributed by atoms with Crippen molar-refractivity contribution >= 4 is 35.0 Å². The molecule has 0 spiro atoms. The predicted molar refractivity (Wildman–Crippen MR) is 127 cm³/mol. The first kappa shape index (κ1) is 25.8. The molecule has 0 aliphatic heterocycles. The van der Waals surface area contributed by atoms with Gasteiger partial charge in [-0.1, -0.05) is 109 Å². The van der Waals surface area contributed by atoms with Crippen molar-refractivity contribution in [2.45, 2.75) is 12.8 Å². The summed E-state index contributed by atoms with van der Waals surface area (Å²) in [5.74, 6) is -2.10. The molecule has 5 heteroatoms. The van der Waals surface area contributed by atoms with Crippen LogP contribution in [0, 0.1) is 0 Å². The minimum Gasteiger partial charge on any atom is -0.550 e. The van der Waals surface area contributed by atoms with Gasteiger partial charge in [0.25, 0.3) is 0 Å². The van der Waals surface area contributed by atoms with Gasteiger partial charge in [-0.3, -0.25) is 0 Å². The molecule has 4 aromatic rings. The molecule has 0 saturated heterocycles. The van der Waals surface area contributed by atoms with Crippen molar-refractivity contribution in [1.82, 2.24) is 0 Å². The largest absolute Gasteiger partial charge is 2.00 e. The van der Waals surface area contributed by atoms with Gasteiger partial charge in [0.1, 0.15) is 0 Å². The molecule has 0 bridgehead atoms. The van der Waals surface area contributed by atoms with E-state index < -0.39 is 11.9 Å².